The Bertz CT molecular complexity index is 4630. The second-order valence-electron chi connectivity index (χ2n) is 49.7. The van der Waals surface area contributed by atoms with Gasteiger partial charge in [-0.2, -0.15) is 8.78 Å². The molecule has 1 N–H and O–H groups in total. The Morgan fingerprint density at radius 1 is 0.448 bits per heavy atom. The zero-order chi connectivity index (χ0) is 106. The maximum atomic E-state index is 13.3. The standard InChI is InChI=1S/C27H44F2O6.C18H30O2.C18H15S.C16H22O6.C16H26O3.C14H26O2.C10H16O4/c1-6-24(3,4)22(30)33-10-8-7-9-32-19(2)34-17-26-12-20-11-21(13-26)15-27(14-20,16-26)18-35-23(31)25(5,28)29;1-5-17(3,4)16(19)20-18(6-2)14-8-12-7-13(10-14)11-15(18)9-12;1-4-10-16(11-5-1)19(17-12-6-2-7-13-17)18-14-8-3-9-15-18;1-4-16(2,3)15(19)20-7-11(17)21-12-8-5-9-10(6-8)14(18)22-13(9)12;1-4-14(2,3)13(17)19-16-8-11-5-12(9-16)7-15(18,6-11)10-16;1-5-13(3,4)12(15)16-14(6-2)10-8-7-9-11-14;1-4-10(2,3)9(12)14-7-5-6-13-8(7)11/h19-21H,6-18H2,1-5H3;12-15H,5-11H2,1-4H3;1-15H;8-10,12-13H,4-7H2,1-3H3;11-12,18H,4-10H2,1-3H3;5-11H2,1-4H3;7H,4-6H2,1-3H3/q;;+1;;;;. The van der Waals surface area contributed by atoms with Gasteiger partial charge in [0.1, 0.15) is 29.0 Å². The van der Waals surface area contributed by atoms with Crippen LogP contribution in [0.1, 0.15) is 377 Å². The van der Waals surface area contributed by atoms with Crippen LogP contribution in [0.25, 0.3) is 0 Å². The van der Waals surface area contributed by atoms with Crippen molar-refractivity contribution in [2.45, 2.75) is 445 Å². The molecule has 23 nitrogen and oxygen atoms in total. The third-order valence-electron chi connectivity index (χ3n) is 36.0. The second-order valence-corrected chi connectivity index (χ2v) is 51.7. The summed E-state index contributed by atoms with van der Waals surface area (Å²) in [4.78, 5) is 123. The Hall–Kier alpha value is -7.55. The van der Waals surface area contributed by atoms with Gasteiger partial charge in [-0.1, -0.05) is 116 Å². The van der Waals surface area contributed by atoms with Crippen LogP contribution in [-0.4, -0.2) is 157 Å². The van der Waals surface area contributed by atoms with Crippen LogP contribution in [0.3, 0.4) is 0 Å². The van der Waals surface area contributed by atoms with E-state index in [9.17, 15) is 61.8 Å². The Kier molecular flexibility index (Phi) is 40.0. The summed E-state index contributed by atoms with van der Waals surface area (Å²) < 4.78 is 92.6. The molecule has 15 saturated carbocycles. The van der Waals surface area contributed by atoms with Crippen molar-refractivity contribution in [3.8, 4) is 0 Å². The number of benzene rings is 3. The first-order valence-electron chi connectivity index (χ1n) is 55.4. The van der Waals surface area contributed by atoms with Crippen LogP contribution in [0, 0.1) is 108 Å². The maximum absolute atomic E-state index is 13.3. The fourth-order valence-electron chi connectivity index (χ4n) is 25.6. The van der Waals surface area contributed by atoms with E-state index in [1.807, 2.05) is 96.9 Å². The van der Waals surface area contributed by atoms with Crippen molar-refractivity contribution in [1.82, 2.24) is 0 Å². The average molecular weight is 2050 g/mol. The average Bonchev–Trinajstić information content (AvgIpc) is 1.72. The monoisotopic (exact) mass is 2050 g/mol. The molecule has 0 aromatic heterocycles. The number of carbonyl (C=O) groups excluding carboxylic acids is 10. The predicted octanol–water partition coefficient (Wildman–Crippen LogP) is 25.1. The number of rotatable bonds is 36. The predicted molar refractivity (Wildman–Crippen MR) is 551 cm³/mol. The van der Waals surface area contributed by atoms with Gasteiger partial charge in [-0.15, -0.1) is 0 Å². The topological polar surface area (TPSA) is 302 Å². The molecule has 2 aliphatic heterocycles. The number of alkyl halides is 2. The van der Waals surface area contributed by atoms with Gasteiger partial charge < -0.3 is 61.9 Å². The molecule has 15 aliphatic carbocycles. The number of ether oxygens (including phenoxy) is 12. The highest BCUT2D eigenvalue weighted by Gasteiger charge is 2.65. The number of cyclic esters (lactones) is 1. The molecule has 26 heteroatoms. The molecule has 17 aliphatic rings. The fourth-order valence-corrected chi connectivity index (χ4v) is 27.7. The minimum absolute atomic E-state index is 0.00310. The summed E-state index contributed by atoms with van der Waals surface area (Å²) in [6.07, 6.45) is 32.6. The molecule has 0 amide bonds. The Labute approximate surface area is 868 Å². The highest BCUT2D eigenvalue weighted by atomic mass is 32.2. The lowest BCUT2D eigenvalue weighted by Gasteiger charge is -2.61. The molecule has 11 unspecified atom stereocenters. The molecule has 0 spiro atoms. The first-order chi connectivity index (χ1) is 68.2. The number of halogens is 2. The third-order valence-corrected chi connectivity index (χ3v) is 38.2. The van der Waals surface area contributed by atoms with Gasteiger partial charge in [0.2, 0.25) is 6.10 Å². The van der Waals surface area contributed by atoms with Crippen molar-refractivity contribution in [2.24, 2.45) is 108 Å². The molecule has 2 saturated heterocycles. The lowest BCUT2D eigenvalue weighted by Crippen LogP contribution is -2.61. The molecule has 14 bridgehead atoms. The van der Waals surface area contributed by atoms with Crippen molar-refractivity contribution in [2.75, 3.05) is 39.6 Å². The van der Waals surface area contributed by atoms with Crippen LogP contribution >= 0.6 is 0 Å². The van der Waals surface area contributed by atoms with Crippen LogP contribution in [0.4, 0.5) is 8.78 Å². The smallest absolute Gasteiger partial charge is 0.376 e. The number of fused-ring (bicyclic) bond motifs is 1. The van der Waals surface area contributed by atoms with E-state index in [4.69, 9.17) is 56.8 Å². The fraction of sp³-hybridized carbons (Fsp3) is 0.765. The molecule has 2 heterocycles. The maximum Gasteiger partial charge on any atom is 0.376 e. The van der Waals surface area contributed by atoms with E-state index in [0.717, 1.165) is 147 Å². The van der Waals surface area contributed by atoms with Gasteiger partial charge in [0.05, 0.1) is 81.3 Å². The number of hydrogen-bond donors (Lipinski definition) is 1. The van der Waals surface area contributed by atoms with E-state index in [2.05, 4.69) is 112 Å². The SMILES string of the molecule is CCC(C)(C)C(=O)OC1(CC)C2CC3CC(C2)CC1C3.CCC(C)(C)C(=O)OC12CC3CC(CC(O)(C3)C1)C2.CCC(C)(C)C(=O)OC1CCOC1=O.CCC(C)(C)C(=O)OCC(=O)OC1C2CC3C(=O)OC1C3C2.CCC(C)(C)C(=O)OCCCCOC(C)OCC12CC3CC(CC(COC(=O)C(C)(F)F)(C3)C1)C2.CCC1(OC(=O)C(C)(C)CC)CCCCC1.c1ccc([S+](c2ccccc2)c2ccccc2)cc1. The third kappa shape index (κ3) is 29.9. The van der Waals surface area contributed by atoms with Gasteiger partial charge in [-0.25, -0.2) is 14.4 Å². The number of aliphatic hydroxyl groups is 1. The highest BCUT2D eigenvalue weighted by Crippen LogP contribution is 2.67. The first kappa shape index (κ1) is 118. The van der Waals surface area contributed by atoms with Crippen molar-refractivity contribution in [1.29, 1.82) is 0 Å². The summed E-state index contributed by atoms with van der Waals surface area (Å²) in [5.41, 5.74) is -4.06. The van der Waals surface area contributed by atoms with Crippen molar-refractivity contribution >= 4 is 70.6 Å². The molecule has 0 radical (unpaired) electrons. The molecule has 3 aromatic carbocycles. The van der Waals surface area contributed by atoms with E-state index in [1.54, 1.807) is 27.7 Å². The minimum atomic E-state index is -3.45. The molecule has 11 atom stereocenters. The normalized spacial score (nSPS) is 30.3. The van der Waals surface area contributed by atoms with E-state index in [-0.39, 0.29) is 135 Å². The second kappa shape index (κ2) is 49.3. The van der Waals surface area contributed by atoms with Gasteiger partial charge >= 0.3 is 65.6 Å². The first-order valence-corrected chi connectivity index (χ1v) is 56.6. The minimum Gasteiger partial charge on any atom is -0.465 e. The van der Waals surface area contributed by atoms with Crippen LogP contribution in [-0.2, 0) is 116 Å². The van der Waals surface area contributed by atoms with Crippen molar-refractivity contribution in [3.05, 3.63) is 91.0 Å². The highest BCUT2D eigenvalue weighted by molar-refractivity contribution is 7.97. The van der Waals surface area contributed by atoms with Crippen LogP contribution in [0.5, 0.6) is 0 Å². The quantitative estimate of drug-likeness (QED) is 0.0186. The Morgan fingerprint density at radius 2 is 0.890 bits per heavy atom. The van der Waals surface area contributed by atoms with E-state index >= 15 is 0 Å². The molecule has 20 rings (SSSR count). The zero-order valence-electron chi connectivity index (χ0n) is 91.9. The molecule has 145 heavy (non-hydrogen) atoms. The molecule has 17 fully saturated rings. The largest absolute Gasteiger partial charge is 0.465 e. The molecular weight excluding hydrogens is 1870 g/mol. The number of hydrogen-bond acceptors (Lipinski definition) is 23. The summed E-state index contributed by atoms with van der Waals surface area (Å²) in [7, 11) is -0.0146. The molecule has 812 valence electrons. The Morgan fingerprint density at radius 3 is 1.34 bits per heavy atom. The summed E-state index contributed by atoms with van der Waals surface area (Å²) in [5.74, 6) is -1.30. The Balaban J connectivity index is 0.000000164. The molecular formula is C119H179F2O23S+. The summed E-state index contributed by atoms with van der Waals surface area (Å²) >= 11 is 0. The zero-order valence-corrected chi connectivity index (χ0v) is 92.7. The van der Waals surface area contributed by atoms with Crippen LogP contribution in [0.15, 0.2) is 106 Å². The number of carbonyl (C=O) groups is 10. The van der Waals surface area contributed by atoms with Gasteiger partial charge in [0.15, 0.2) is 27.6 Å². The summed E-state index contributed by atoms with van der Waals surface area (Å²) in [6, 6.07) is 32.2. The summed E-state index contributed by atoms with van der Waals surface area (Å²) in [5, 5.41) is 10.6. The summed E-state index contributed by atoms with van der Waals surface area (Å²) in [6.45, 7) is 43.1. The van der Waals surface area contributed by atoms with Crippen molar-refractivity contribution < 1.29 is 119 Å². The van der Waals surface area contributed by atoms with Gasteiger partial charge in [0.25, 0.3) is 0 Å². The van der Waals surface area contributed by atoms with Crippen LogP contribution < -0.4 is 0 Å². The van der Waals surface area contributed by atoms with Gasteiger partial charge in [-0.05, 0) is 385 Å². The molecule has 3 aromatic rings. The van der Waals surface area contributed by atoms with E-state index in [0.29, 0.717) is 94.5 Å². The van der Waals surface area contributed by atoms with E-state index in [1.165, 1.54) is 78.9 Å². The van der Waals surface area contributed by atoms with Crippen molar-refractivity contribution in [3.63, 3.8) is 0 Å². The number of esters is 10. The van der Waals surface area contributed by atoms with Gasteiger partial charge in [0, 0.05) is 43.6 Å². The lowest BCUT2D eigenvalue weighted by molar-refractivity contribution is -0.225. The van der Waals surface area contributed by atoms with Crippen LogP contribution in [0.2, 0.25) is 0 Å². The number of unbranched alkanes of at least 4 members (excludes halogenated alkanes) is 1. The lowest BCUT2D eigenvalue weighted by atomic mass is 9.44. The van der Waals surface area contributed by atoms with Gasteiger partial charge in [-0.3, -0.25) is 33.6 Å². The van der Waals surface area contributed by atoms with E-state index < -0.39 is 63.2 Å².